The number of nitrogens with zero attached hydrogens (tertiary/aromatic N) is 1. The number of carbonyl (C=O) groups excluding carboxylic acids is 2. The third-order valence-corrected chi connectivity index (χ3v) is 4.06. The summed E-state index contributed by atoms with van der Waals surface area (Å²) < 4.78 is 5.41. The molecule has 0 aliphatic carbocycles. The van der Waals surface area contributed by atoms with E-state index in [4.69, 9.17) is 22.1 Å². The molecule has 0 aromatic heterocycles. The van der Waals surface area contributed by atoms with Gasteiger partial charge in [0.25, 0.3) is 0 Å². The van der Waals surface area contributed by atoms with E-state index in [9.17, 15) is 9.59 Å². The lowest BCUT2D eigenvalue weighted by Crippen LogP contribution is -2.61. The Morgan fingerprint density at radius 2 is 2.08 bits per heavy atom. The second kappa shape index (κ2) is 6.89. The molecule has 3 N–H and O–H groups in total. The SMILES string of the molecule is CC(C)(C)OC(=O)N1CCCC(Nc2cccc(Cl)c2)(C(N)=O)C1. The Balaban J connectivity index is 2.19. The molecule has 0 bridgehead atoms. The normalized spacial score (nSPS) is 21.2. The van der Waals surface area contributed by atoms with Gasteiger partial charge in [0.1, 0.15) is 11.1 Å². The van der Waals surface area contributed by atoms with Crippen molar-refractivity contribution in [3.63, 3.8) is 0 Å². The molecule has 1 fully saturated rings. The molecule has 0 spiro atoms. The highest BCUT2D eigenvalue weighted by Crippen LogP contribution is 2.28. The Morgan fingerprint density at radius 3 is 2.67 bits per heavy atom. The van der Waals surface area contributed by atoms with Gasteiger partial charge >= 0.3 is 6.09 Å². The number of likely N-dealkylation sites (tertiary alicyclic amines) is 1. The highest BCUT2D eigenvalue weighted by Gasteiger charge is 2.43. The molecule has 0 radical (unpaired) electrons. The predicted octanol–water partition coefficient (Wildman–Crippen LogP) is 3.01. The number of amides is 2. The van der Waals surface area contributed by atoms with Crippen molar-refractivity contribution in [1.82, 2.24) is 4.90 Å². The minimum absolute atomic E-state index is 0.157. The Hall–Kier alpha value is -1.95. The molecule has 6 nitrogen and oxygen atoms in total. The van der Waals surface area contributed by atoms with Crippen LogP contribution in [0.1, 0.15) is 33.6 Å². The number of ether oxygens (including phenoxy) is 1. The van der Waals surface area contributed by atoms with Crippen molar-refractivity contribution in [1.29, 1.82) is 0 Å². The lowest BCUT2D eigenvalue weighted by Gasteiger charge is -2.41. The van der Waals surface area contributed by atoms with Crippen LogP contribution in [0.5, 0.6) is 0 Å². The summed E-state index contributed by atoms with van der Waals surface area (Å²) in [6.07, 6.45) is 0.741. The van der Waals surface area contributed by atoms with Gasteiger partial charge < -0.3 is 20.7 Å². The maximum atomic E-state index is 12.3. The van der Waals surface area contributed by atoms with E-state index < -0.39 is 23.1 Å². The summed E-state index contributed by atoms with van der Waals surface area (Å²) in [6, 6.07) is 7.06. The predicted molar refractivity (Wildman–Crippen MR) is 94.0 cm³/mol. The number of piperidine rings is 1. The van der Waals surface area contributed by atoms with E-state index in [-0.39, 0.29) is 6.54 Å². The summed E-state index contributed by atoms with van der Waals surface area (Å²) in [6.45, 7) is 6.10. The van der Waals surface area contributed by atoms with E-state index in [2.05, 4.69) is 5.32 Å². The fourth-order valence-electron chi connectivity index (χ4n) is 2.75. The topological polar surface area (TPSA) is 84.7 Å². The molecule has 1 heterocycles. The number of carbonyl (C=O) groups is 2. The van der Waals surface area contributed by atoms with Crippen molar-refractivity contribution < 1.29 is 14.3 Å². The summed E-state index contributed by atoms with van der Waals surface area (Å²) >= 11 is 6.00. The van der Waals surface area contributed by atoms with Gasteiger partial charge in [-0.25, -0.2) is 4.79 Å². The van der Waals surface area contributed by atoms with Gasteiger partial charge in [0, 0.05) is 17.3 Å². The van der Waals surface area contributed by atoms with E-state index >= 15 is 0 Å². The zero-order valence-corrected chi connectivity index (χ0v) is 15.0. The van der Waals surface area contributed by atoms with Crippen LogP contribution in [0.4, 0.5) is 10.5 Å². The minimum Gasteiger partial charge on any atom is -0.444 e. The molecule has 1 unspecified atom stereocenters. The zero-order chi connectivity index (χ0) is 18.0. The molecule has 0 saturated carbocycles. The quantitative estimate of drug-likeness (QED) is 0.874. The maximum absolute atomic E-state index is 12.3. The molecule has 1 atom stereocenters. The maximum Gasteiger partial charge on any atom is 0.410 e. The van der Waals surface area contributed by atoms with Crippen LogP contribution in [0.15, 0.2) is 24.3 Å². The Labute approximate surface area is 147 Å². The number of nitrogens with one attached hydrogen (secondary N) is 1. The van der Waals surface area contributed by atoms with Gasteiger partial charge in [-0.2, -0.15) is 0 Å². The average molecular weight is 354 g/mol. The van der Waals surface area contributed by atoms with Gasteiger partial charge in [-0.3, -0.25) is 4.79 Å². The van der Waals surface area contributed by atoms with Gasteiger partial charge in [0.05, 0.1) is 6.54 Å². The first-order chi connectivity index (χ1) is 11.1. The van der Waals surface area contributed by atoms with E-state index in [1.807, 2.05) is 6.07 Å². The lowest BCUT2D eigenvalue weighted by molar-refractivity contribution is -0.123. The number of nitrogens with two attached hydrogens (primary N) is 1. The molecular weight excluding hydrogens is 330 g/mol. The Morgan fingerprint density at radius 1 is 1.38 bits per heavy atom. The summed E-state index contributed by atoms with van der Waals surface area (Å²) in [4.78, 5) is 26.0. The molecule has 24 heavy (non-hydrogen) atoms. The molecule has 1 saturated heterocycles. The van der Waals surface area contributed by atoms with E-state index in [1.54, 1.807) is 39.0 Å². The van der Waals surface area contributed by atoms with Crippen LogP contribution in [0.3, 0.4) is 0 Å². The first-order valence-corrected chi connectivity index (χ1v) is 8.31. The van der Waals surface area contributed by atoms with Crippen molar-refractivity contribution in [3.05, 3.63) is 29.3 Å². The Kier molecular flexibility index (Phi) is 5.28. The second-order valence-corrected chi connectivity index (χ2v) is 7.52. The van der Waals surface area contributed by atoms with E-state index in [0.717, 1.165) is 0 Å². The highest BCUT2D eigenvalue weighted by molar-refractivity contribution is 6.30. The largest absolute Gasteiger partial charge is 0.444 e. The molecule has 2 rings (SSSR count). The average Bonchev–Trinajstić information content (AvgIpc) is 2.45. The molecule has 1 aromatic rings. The molecule has 2 amide bonds. The molecular formula is C17H24ClN3O3. The van der Waals surface area contributed by atoms with Crippen LogP contribution in [0.2, 0.25) is 5.02 Å². The lowest BCUT2D eigenvalue weighted by atomic mass is 9.88. The summed E-state index contributed by atoms with van der Waals surface area (Å²) in [5.41, 5.74) is 4.72. The van der Waals surface area contributed by atoms with Crippen LogP contribution in [-0.2, 0) is 9.53 Å². The number of hydrogen-bond acceptors (Lipinski definition) is 4. The molecule has 132 valence electrons. The monoisotopic (exact) mass is 353 g/mol. The first kappa shape index (κ1) is 18.4. The van der Waals surface area contributed by atoms with Crippen LogP contribution in [-0.4, -0.2) is 41.1 Å². The number of anilines is 1. The standard InChI is InChI=1S/C17H24ClN3O3/c1-16(2,3)24-15(23)21-9-5-8-17(11-21,14(19)22)20-13-7-4-6-12(18)10-13/h4,6-7,10,20H,5,8-9,11H2,1-3H3,(H2,19,22). The second-order valence-electron chi connectivity index (χ2n) is 7.09. The van der Waals surface area contributed by atoms with Gasteiger partial charge in [0.15, 0.2) is 0 Å². The smallest absolute Gasteiger partial charge is 0.410 e. The number of benzene rings is 1. The summed E-state index contributed by atoms with van der Waals surface area (Å²) in [7, 11) is 0. The van der Waals surface area contributed by atoms with Gasteiger partial charge in [-0.1, -0.05) is 17.7 Å². The van der Waals surface area contributed by atoms with E-state index in [0.29, 0.717) is 30.1 Å². The number of hydrogen-bond donors (Lipinski definition) is 2. The van der Waals surface area contributed by atoms with Crippen LogP contribution < -0.4 is 11.1 Å². The van der Waals surface area contributed by atoms with Crippen molar-refractivity contribution in [3.8, 4) is 0 Å². The van der Waals surface area contributed by atoms with Crippen LogP contribution >= 0.6 is 11.6 Å². The fourth-order valence-corrected chi connectivity index (χ4v) is 2.94. The number of halogens is 1. The highest BCUT2D eigenvalue weighted by atomic mass is 35.5. The molecule has 1 aliphatic heterocycles. The van der Waals surface area contributed by atoms with Crippen molar-refractivity contribution in [2.24, 2.45) is 5.73 Å². The number of primary amides is 1. The third-order valence-electron chi connectivity index (χ3n) is 3.82. The van der Waals surface area contributed by atoms with Crippen molar-refractivity contribution in [2.45, 2.75) is 44.8 Å². The number of rotatable bonds is 3. The minimum atomic E-state index is -1.04. The molecule has 1 aliphatic rings. The van der Waals surface area contributed by atoms with E-state index in [1.165, 1.54) is 4.90 Å². The first-order valence-electron chi connectivity index (χ1n) is 7.93. The van der Waals surface area contributed by atoms with Gasteiger partial charge in [-0.05, 0) is 51.8 Å². The fraction of sp³-hybridized carbons (Fsp3) is 0.529. The van der Waals surface area contributed by atoms with Crippen LogP contribution in [0, 0.1) is 0 Å². The third kappa shape index (κ3) is 4.54. The van der Waals surface area contributed by atoms with Crippen LogP contribution in [0.25, 0.3) is 0 Å². The van der Waals surface area contributed by atoms with Gasteiger partial charge in [0.2, 0.25) is 5.91 Å². The summed E-state index contributed by atoms with van der Waals surface area (Å²) in [5.74, 6) is -0.504. The zero-order valence-electron chi connectivity index (χ0n) is 14.3. The molecule has 1 aromatic carbocycles. The van der Waals surface area contributed by atoms with Gasteiger partial charge in [-0.15, -0.1) is 0 Å². The Bertz CT molecular complexity index is 630. The van der Waals surface area contributed by atoms with Crippen molar-refractivity contribution >= 4 is 29.3 Å². The van der Waals surface area contributed by atoms with Crippen molar-refractivity contribution in [2.75, 3.05) is 18.4 Å². The molecule has 7 heteroatoms. The summed E-state index contributed by atoms with van der Waals surface area (Å²) in [5, 5.41) is 3.73.